The lowest BCUT2D eigenvalue weighted by Crippen LogP contribution is -2.39. The highest BCUT2D eigenvalue weighted by Gasteiger charge is 2.38. The van der Waals surface area contributed by atoms with Crippen molar-refractivity contribution in [3.8, 4) is 92.0 Å². The molecule has 10 rings (SSSR count). The van der Waals surface area contributed by atoms with Gasteiger partial charge in [0.15, 0.2) is 44.5 Å². The number of sulfone groups is 2. The summed E-state index contributed by atoms with van der Waals surface area (Å²) in [5.41, 5.74) is 3.15. The van der Waals surface area contributed by atoms with Crippen LogP contribution in [0.4, 0.5) is 22.7 Å². The molecule has 0 spiro atoms. The van der Waals surface area contributed by atoms with Crippen molar-refractivity contribution in [1.82, 2.24) is 0 Å². The third kappa shape index (κ3) is 24.6. The van der Waals surface area contributed by atoms with Crippen molar-refractivity contribution >= 4 is 90.4 Å². The van der Waals surface area contributed by atoms with Crippen molar-refractivity contribution in [2.45, 2.75) is 60.1 Å². The van der Waals surface area contributed by atoms with Gasteiger partial charge in [0.1, 0.15) is 125 Å². The predicted molar refractivity (Wildman–Crippen MR) is 492 cm³/mol. The average molecular weight is 1830 g/mol. The minimum absolute atomic E-state index is 0.0293. The zero-order chi connectivity index (χ0) is 94.5. The monoisotopic (exact) mass is 1820 g/mol. The second-order valence-electron chi connectivity index (χ2n) is 28.4. The fraction of sp³-hybridized carbons (Fsp3) is 0.271. The molecular weight excluding hydrogens is 1720 g/mol. The minimum Gasteiger partial charge on any atom is -0.496 e. The molecule has 130 heavy (non-hydrogen) atoms. The van der Waals surface area contributed by atoms with Crippen LogP contribution in [0, 0.1) is 0 Å². The van der Waals surface area contributed by atoms with Gasteiger partial charge in [0.2, 0.25) is 13.1 Å². The van der Waals surface area contributed by atoms with E-state index in [-0.39, 0.29) is 81.4 Å². The molecule has 6 N–H and O–H groups in total. The van der Waals surface area contributed by atoms with Crippen LogP contribution in [0.25, 0.3) is 24.3 Å². The van der Waals surface area contributed by atoms with Crippen LogP contribution in [0.2, 0.25) is 0 Å². The largest absolute Gasteiger partial charge is 0.496 e. The van der Waals surface area contributed by atoms with Crippen molar-refractivity contribution in [3.63, 3.8) is 0 Å². The van der Waals surface area contributed by atoms with E-state index in [1.165, 1.54) is 200 Å². The van der Waals surface area contributed by atoms with E-state index >= 15 is 16.8 Å². The van der Waals surface area contributed by atoms with Gasteiger partial charge in [-0.25, -0.2) is 16.8 Å². The van der Waals surface area contributed by atoms with Crippen LogP contribution in [0.1, 0.15) is 79.4 Å². The molecule has 0 saturated carbocycles. The van der Waals surface area contributed by atoms with E-state index in [0.29, 0.717) is 103 Å². The third-order valence-electron chi connectivity index (χ3n) is 20.4. The number of amides is 4. The lowest BCUT2D eigenvalue weighted by molar-refractivity contribution is -0.684. The van der Waals surface area contributed by atoms with E-state index in [9.17, 15) is 29.4 Å². The number of nitrogens with zero attached hydrogens (tertiary/aromatic N) is 2. The van der Waals surface area contributed by atoms with Gasteiger partial charge in [0.05, 0.1) is 159 Å². The molecule has 8 aromatic carbocycles. The van der Waals surface area contributed by atoms with Crippen molar-refractivity contribution in [1.29, 1.82) is 0 Å². The molecule has 6 unspecified atom stereocenters. The number of hydrogen-bond acceptors (Lipinski definition) is 26. The molecule has 34 heteroatoms. The Kier molecular flexibility index (Phi) is 35.8. The molecule has 2 aromatic heterocycles. The number of benzene rings is 8. The molecule has 10 aromatic rings. The lowest BCUT2D eigenvalue weighted by atomic mass is 10.1. The highest BCUT2D eigenvalue weighted by atomic mass is 32.2. The number of aliphatic hydroxyl groups is 2. The first-order chi connectivity index (χ1) is 62.5. The maximum Gasteiger partial charge on any atom is 0.290 e. The molecule has 4 amide bonds. The molecular formula is C96H108N6O26S2+2. The number of hydrogen-bond donors (Lipinski definition) is 6. The first kappa shape index (κ1) is 99.3. The van der Waals surface area contributed by atoms with Gasteiger partial charge in [-0.3, -0.25) is 19.2 Å². The van der Waals surface area contributed by atoms with E-state index in [0.717, 1.165) is 0 Å². The van der Waals surface area contributed by atoms with Crippen LogP contribution < -0.4 is 106 Å². The Morgan fingerprint density at radius 2 is 0.492 bits per heavy atom. The fourth-order valence-electron chi connectivity index (χ4n) is 13.7. The van der Waals surface area contributed by atoms with Gasteiger partial charge in [-0.1, -0.05) is 60.7 Å². The normalized spacial score (nSPS) is 12.8. The summed E-state index contributed by atoms with van der Waals surface area (Å²) in [6.45, 7) is 2.51. The van der Waals surface area contributed by atoms with Crippen molar-refractivity contribution in [2.24, 2.45) is 0 Å². The molecule has 688 valence electrons. The quantitative estimate of drug-likeness (QED) is 0.0194. The molecule has 0 bridgehead atoms. The molecule has 0 aliphatic heterocycles. The van der Waals surface area contributed by atoms with Crippen LogP contribution in [0.5, 0.6) is 92.0 Å². The summed E-state index contributed by atoms with van der Waals surface area (Å²) in [5, 5.41) is 25.2. The number of carbonyl (C=O) groups is 4. The molecule has 0 aliphatic carbocycles. The fourth-order valence-corrected chi connectivity index (χ4v) is 17.7. The predicted octanol–water partition coefficient (Wildman–Crippen LogP) is 13.2. The van der Waals surface area contributed by atoms with Gasteiger partial charge in [-0.15, -0.1) is 0 Å². The number of carbonyl (C=O) groups excluding carboxylic acids is 4. The summed E-state index contributed by atoms with van der Waals surface area (Å²) in [4.78, 5) is 52.5. The summed E-state index contributed by atoms with van der Waals surface area (Å²) in [7, 11) is 14.2. The summed E-state index contributed by atoms with van der Waals surface area (Å²) < 4.78 is 157. The van der Waals surface area contributed by atoms with E-state index < -0.39 is 64.7 Å². The first-order valence-corrected chi connectivity index (χ1v) is 43.3. The summed E-state index contributed by atoms with van der Waals surface area (Å²) in [6.07, 6.45) is 16.4. The number of methoxy groups -OCH3 is 16. The average Bonchev–Trinajstić information content (AvgIpc) is 0.768. The molecule has 32 nitrogen and oxygen atoms in total. The smallest absolute Gasteiger partial charge is 0.290 e. The first-order valence-electron chi connectivity index (χ1n) is 40.1. The summed E-state index contributed by atoms with van der Waals surface area (Å²) in [5.74, 6) is 3.09. The molecule has 0 radical (unpaired) electrons. The van der Waals surface area contributed by atoms with E-state index in [1.54, 1.807) is 155 Å². The number of pyridine rings is 2. The van der Waals surface area contributed by atoms with Gasteiger partial charge in [-0.2, -0.15) is 9.13 Å². The summed E-state index contributed by atoms with van der Waals surface area (Å²) >= 11 is 0. The summed E-state index contributed by atoms with van der Waals surface area (Å²) in [6, 6.07) is 42.5. The Balaban J connectivity index is 0.000000295. The Morgan fingerprint density at radius 1 is 0.292 bits per heavy atom. The lowest BCUT2D eigenvalue weighted by Gasteiger charge is -2.24. The van der Waals surface area contributed by atoms with Gasteiger partial charge in [0.25, 0.3) is 23.6 Å². The van der Waals surface area contributed by atoms with Gasteiger partial charge in [-0.05, 0) is 109 Å². The van der Waals surface area contributed by atoms with Crippen molar-refractivity contribution < 1.29 is 131 Å². The van der Waals surface area contributed by atoms with E-state index in [1.807, 2.05) is 12.1 Å². The van der Waals surface area contributed by atoms with Crippen LogP contribution in [-0.4, -0.2) is 177 Å². The Labute approximate surface area is 755 Å². The molecule has 2 heterocycles. The van der Waals surface area contributed by atoms with E-state index in [2.05, 4.69) is 21.3 Å². The van der Waals surface area contributed by atoms with Crippen LogP contribution in [-0.2, 0) is 51.9 Å². The van der Waals surface area contributed by atoms with Crippen LogP contribution >= 0.6 is 0 Å². The topological polar surface area (TPSA) is 381 Å². The second kappa shape index (κ2) is 46.8. The maximum absolute atomic E-state index is 16.0. The molecule has 6 atom stereocenters. The standard InChI is InChI=1S/C52H54N4O12S.C44H52N2O14S/c1-61-37-29-45(65-5)39(46(30-37)66-6)17-21-49(35-15-19-43(63-3)41(27-35)53-51(57)33-55-23-11-9-12-24-55)69(59,60)50(22-18-40-47(67-7)31-38(62-2)32-48(40)68-8)36-16-20-44(64-4)42(28-36)54-52(58)34-56-25-13-10-14-26-56;1-25(47)43(49)45-33-19-27(11-15-35(33)55-5)41(17-13-31-37(57-7)21-29(53-3)22-38(31)58-8)61(51,52)42(18-14-32-39(59-9)23-30(54-4)24-40(32)60-10)28-12-16-36(56-6)34(20-28)46-44(50)26(2)48/h9-32,49-50H,33-34H2,1-8H3;11-26,41-42,47-48H,1-10H3,(H,45,49)(H,46,50)/p+2/b21-17+,22-18?;17-13+,18-14?. The minimum atomic E-state index is -4.57. The molecule has 0 aliphatic rings. The maximum atomic E-state index is 16.0. The Bertz CT molecular complexity index is 5540. The number of anilines is 4. The van der Waals surface area contributed by atoms with Gasteiger partial charge >= 0.3 is 0 Å². The SMILES string of the molecule is COc1cc(OC)c(C=CC(c2ccc(OC)c(NC(=O)C(C)O)c2)S(=O)(=O)C(/C=C/c2c(OC)cc(OC)cc2OC)c2ccc(OC)c(NC(=O)C(C)O)c2)c(OC)c1.COc1cc(OC)c(C=CC(c2ccc(OC)c(NC(=O)C[n+]3ccccc3)c2)S(=O)(=O)C(/C=C/c2c(OC)cc(OC)cc2OC)c2ccc(OC)c(NC(=O)C[n+]3ccccc3)c2)c(OC)c1. The second-order valence-corrected chi connectivity index (χ2v) is 32.8. The molecule has 0 fully saturated rings. The van der Waals surface area contributed by atoms with Gasteiger partial charge < -0.3 is 107 Å². The van der Waals surface area contributed by atoms with Crippen molar-refractivity contribution in [3.05, 3.63) is 251 Å². The number of aliphatic hydroxyl groups excluding tert-OH is 2. The van der Waals surface area contributed by atoms with Crippen LogP contribution in [0.15, 0.2) is 207 Å². The zero-order valence-corrected chi connectivity index (χ0v) is 76.9. The number of nitrogens with one attached hydrogen (secondary N) is 4. The number of rotatable bonds is 42. The number of aromatic nitrogens is 2. The molecule has 0 saturated heterocycles. The number of ether oxygens (including phenoxy) is 16. The van der Waals surface area contributed by atoms with E-state index in [4.69, 9.17) is 75.8 Å². The third-order valence-corrected chi connectivity index (χ3v) is 25.0. The van der Waals surface area contributed by atoms with Gasteiger partial charge in [0, 0.05) is 72.8 Å². The Morgan fingerprint density at radius 3 is 0.677 bits per heavy atom. The highest BCUT2D eigenvalue weighted by molar-refractivity contribution is 7.92. The highest BCUT2D eigenvalue weighted by Crippen LogP contribution is 2.48. The van der Waals surface area contributed by atoms with Crippen LogP contribution in [0.3, 0.4) is 0 Å². The zero-order valence-electron chi connectivity index (χ0n) is 75.2. The Hall–Kier alpha value is -14.5. The van der Waals surface area contributed by atoms with Crippen molar-refractivity contribution in [2.75, 3.05) is 135 Å².